The minimum Gasteiger partial charge on any atom is -0.486 e. The number of furan rings is 1. The standard InChI is InChI=1S/C25H27N3O7/c1-3-31-23(29)19-14(2)35-22-20(19)21(26)27-18(28-22)13-34-24(30)25(8-4-5-9-25)15-6-7-16-17(12-15)33-11-10-32-16/h6-7,12H,3-5,8-11,13H2,1-2H3,(H2,26,27,28). The van der Waals surface area contributed by atoms with Gasteiger partial charge >= 0.3 is 11.9 Å². The smallest absolute Gasteiger partial charge is 0.342 e. The molecule has 0 radical (unpaired) electrons. The number of aromatic nitrogens is 2. The van der Waals surface area contributed by atoms with Crippen molar-refractivity contribution < 1.29 is 33.0 Å². The van der Waals surface area contributed by atoms with Gasteiger partial charge in [-0.3, -0.25) is 4.79 Å². The third-order valence-electron chi connectivity index (χ3n) is 6.56. The van der Waals surface area contributed by atoms with Gasteiger partial charge in [-0.1, -0.05) is 18.9 Å². The molecule has 3 heterocycles. The van der Waals surface area contributed by atoms with Crippen LogP contribution in [0, 0.1) is 6.92 Å². The molecule has 1 aromatic carbocycles. The van der Waals surface area contributed by atoms with Crippen molar-refractivity contribution in [3.05, 3.63) is 40.9 Å². The van der Waals surface area contributed by atoms with Crippen molar-refractivity contribution in [2.45, 2.75) is 51.6 Å². The van der Waals surface area contributed by atoms with E-state index in [0.29, 0.717) is 48.7 Å². The number of anilines is 1. The quantitative estimate of drug-likeness (QED) is 0.520. The fraction of sp³-hybridized carbons (Fsp3) is 0.440. The number of carbonyl (C=O) groups excluding carboxylic acids is 2. The van der Waals surface area contributed by atoms with Crippen LogP contribution in [0.4, 0.5) is 5.82 Å². The van der Waals surface area contributed by atoms with Gasteiger partial charge in [0.2, 0.25) is 5.71 Å². The minimum absolute atomic E-state index is 0.0587. The van der Waals surface area contributed by atoms with Gasteiger partial charge in [0.05, 0.1) is 17.4 Å². The van der Waals surface area contributed by atoms with Crippen LogP contribution in [0.1, 0.15) is 60.1 Å². The van der Waals surface area contributed by atoms with Crippen LogP contribution in [0.25, 0.3) is 11.1 Å². The van der Waals surface area contributed by atoms with Crippen LogP contribution in [-0.2, 0) is 26.3 Å². The second-order valence-electron chi connectivity index (χ2n) is 8.68. The zero-order chi connectivity index (χ0) is 24.6. The number of benzene rings is 1. The summed E-state index contributed by atoms with van der Waals surface area (Å²) in [5.41, 5.74) is 6.55. The van der Waals surface area contributed by atoms with Crippen molar-refractivity contribution in [3.8, 4) is 11.5 Å². The number of nitrogens with two attached hydrogens (primary N) is 1. The van der Waals surface area contributed by atoms with Crippen LogP contribution < -0.4 is 15.2 Å². The molecule has 1 saturated carbocycles. The SMILES string of the molecule is CCOC(=O)c1c(C)oc2nc(COC(=O)C3(c4ccc5c(c4)OCCO5)CCCC3)nc(N)c12. The molecule has 5 rings (SSSR count). The Morgan fingerprint density at radius 3 is 2.57 bits per heavy atom. The van der Waals surface area contributed by atoms with Gasteiger partial charge in [0.1, 0.15) is 30.4 Å². The van der Waals surface area contributed by atoms with Crippen LogP contribution in [0.2, 0.25) is 0 Å². The Kier molecular flexibility index (Phi) is 5.96. The molecule has 10 nitrogen and oxygen atoms in total. The highest BCUT2D eigenvalue weighted by molar-refractivity contribution is 6.07. The first-order valence-electron chi connectivity index (χ1n) is 11.7. The molecule has 0 amide bonds. The van der Waals surface area contributed by atoms with E-state index >= 15 is 0 Å². The van der Waals surface area contributed by atoms with Crippen molar-refractivity contribution in [1.29, 1.82) is 0 Å². The largest absolute Gasteiger partial charge is 0.486 e. The van der Waals surface area contributed by atoms with Gasteiger partial charge in [-0.2, -0.15) is 4.98 Å². The topological polar surface area (TPSA) is 136 Å². The van der Waals surface area contributed by atoms with Gasteiger partial charge in [0.15, 0.2) is 23.9 Å². The lowest BCUT2D eigenvalue weighted by Gasteiger charge is -2.28. The molecule has 1 aliphatic heterocycles. The number of hydrogen-bond acceptors (Lipinski definition) is 10. The molecular weight excluding hydrogens is 454 g/mol. The molecule has 0 unspecified atom stereocenters. The molecule has 2 aliphatic rings. The Balaban J connectivity index is 1.39. The second-order valence-corrected chi connectivity index (χ2v) is 8.68. The van der Waals surface area contributed by atoms with E-state index in [0.717, 1.165) is 18.4 Å². The number of fused-ring (bicyclic) bond motifs is 2. The molecule has 3 aromatic rings. The normalized spacial score (nSPS) is 16.3. The van der Waals surface area contributed by atoms with E-state index in [4.69, 9.17) is 29.1 Å². The van der Waals surface area contributed by atoms with E-state index in [-0.39, 0.29) is 42.1 Å². The third kappa shape index (κ3) is 4.02. The number of aryl methyl sites for hydroxylation is 1. The molecule has 0 saturated heterocycles. The van der Waals surface area contributed by atoms with E-state index in [1.807, 2.05) is 18.2 Å². The van der Waals surface area contributed by atoms with Gasteiger partial charge in [-0.15, -0.1) is 0 Å². The molecule has 0 atom stereocenters. The lowest BCUT2D eigenvalue weighted by Crippen LogP contribution is -2.35. The summed E-state index contributed by atoms with van der Waals surface area (Å²) in [6.45, 7) is 4.35. The monoisotopic (exact) mass is 481 g/mol. The van der Waals surface area contributed by atoms with Crippen molar-refractivity contribution in [2.75, 3.05) is 25.6 Å². The molecule has 2 N–H and O–H groups in total. The van der Waals surface area contributed by atoms with Crippen molar-refractivity contribution >= 4 is 28.9 Å². The first-order chi connectivity index (χ1) is 16.9. The molecule has 1 fully saturated rings. The number of hydrogen-bond donors (Lipinski definition) is 1. The number of nitrogen functional groups attached to an aromatic ring is 1. The maximum absolute atomic E-state index is 13.4. The highest BCUT2D eigenvalue weighted by atomic mass is 16.6. The predicted octanol–water partition coefficient (Wildman–Crippen LogP) is 3.62. The summed E-state index contributed by atoms with van der Waals surface area (Å²) in [6, 6.07) is 5.63. The number of rotatable bonds is 6. The Hall–Kier alpha value is -3.82. The van der Waals surface area contributed by atoms with Crippen LogP contribution in [0.5, 0.6) is 11.5 Å². The van der Waals surface area contributed by atoms with Gasteiger partial charge < -0.3 is 29.1 Å². The molecule has 1 aliphatic carbocycles. The zero-order valence-corrected chi connectivity index (χ0v) is 19.7. The van der Waals surface area contributed by atoms with Gasteiger partial charge in [-0.25, -0.2) is 9.78 Å². The molecule has 184 valence electrons. The lowest BCUT2D eigenvalue weighted by atomic mass is 9.78. The first kappa shape index (κ1) is 22.9. The summed E-state index contributed by atoms with van der Waals surface area (Å²) in [6.07, 6.45) is 3.18. The first-order valence-corrected chi connectivity index (χ1v) is 11.7. The van der Waals surface area contributed by atoms with E-state index in [9.17, 15) is 9.59 Å². The summed E-state index contributed by atoms with van der Waals surface area (Å²) in [5.74, 6) is 0.982. The third-order valence-corrected chi connectivity index (χ3v) is 6.56. The highest BCUT2D eigenvalue weighted by Crippen LogP contribution is 2.45. The number of carbonyl (C=O) groups is 2. The lowest BCUT2D eigenvalue weighted by molar-refractivity contribution is -0.152. The van der Waals surface area contributed by atoms with Crippen molar-refractivity contribution in [2.24, 2.45) is 0 Å². The van der Waals surface area contributed by atoms with Crippen LogP contribution in [0.3, 0.4) is 0 Å². The van der Waals surface area contributed by atoms with Crippen LogP contribution in [-0.4, -0.2) is 41.7 Å². The molecule has 0 bridgehead atoms. The van der Waals surface area contributed by atoms with Crippen molar-refractivity contribution in [3.63, 3.8) is 0 Å². The Bertz CT molecular complexity index is 1290. The Morgan fingerprint density at radius 1 is 1.09 bits per heavy atom. The average molecular weight is 482 g/mol. The van der Waals surface area contributed by atoms with Gasteiger partial charge in [0.25, 0.3) is 0 Å². The summed E-state index contributed by atoms with van der Waals surface area (Å²) in [7, 11) is 0. The van der Waals surface area contributed by atoms with Gasteiger partial charge in [0, 0.05) is 0 Å². The summed E-state index contributed by atoms with van der Waals surface area (Å²) in [5, 5.41) is 0.291. The zero-order valence-electron chi connectivity index (χ0n) is 19.7. The average Bonchev–Trinajstić information content (AvgIpc) is 3.48. The molecule has 10 heteroatoms. The maximum Gasteiger partial charge on any atom is 0.342 e. The van der Waals surface area contributed by atoms with E-state index in [2.05, 4.69) is 9.97 Å². The predicted molar refractivity (Wildman–Crippen MR) is 124 cm³/mol. The Morgan fingerprint density at radius 2 is 1.83 bits per heavy atom. The molecule has 35 heavy (non-hydrogen) atoms. The summed E-state index contributed by atoms with van der Waals surface area (Å²) in [4.78, 5) is 34.3. The molecule has 2 aromatic heterocycles. The van der Waals surface area contributed by atoms with E-state index < -0.39 is 11.4 Å². The van der Waals surface area contributed by atoms with E-state index in [1.165, 1.54) is 0 Å². The van der Waals surface area contributed by atoms with Crippen LogP contribution in [0.15, 0.2) is 22.6 Å². The van der Waals surface area contributed by atoms with Gasteiger partial charge in [-0.05, 0) is 44.4 Å². The molecular formula is C25H27N3O7. The fourth-order valence-corrected chi connectivity index (χ4v) is 4.90. The van der Waals surface area contributed by atoms with Crippen molar-refractivity contribution in [1.82, 2.24) is 9.97 Å². The fourth-order valence-electron chi connectivity index (χ4n) is 4.90. The van der Waals surface area contributed by atoms with Crippen LogP contribution >= 0.6 is 0 Å². The highest BCUT2D eigenvalue weighted by Gasteiger charge is 2.45. The second kappa shape index (κ2) is 9.09. The maximum atomic E-state index is 13.4. The Labute approximate surface area is 201 Å². The molecule has 0 spiro atoms. The minimum atomic E-state index is -0.774. The number of ether oxygens (including phenoxy) is 4. The number of nitrogens with zero attached hydrogens (tertiary/aromatic N) is 2. The number of esters is 2. The summed E-state index contributed by atoms with van der Waals surface area (Å²) < 4.78 is 27.8. The summed E-state index contributed by atoms with van der Waals surface area (Å²) >= 11 is 0. The van der Waals surface area contributed by atoms with E-state index in [1.54, 1.807) is 13.8 Å².